The zero-order chi connectivity index (χ0) is 12.8. The van der Waals surface area contributed by atoms with E-state index in [1.807, 2.05) is 6.92 Å². The molecule has 0 fully saturated rings. The Kier molecular flexibility index (Phi) is 5.98. The Labute approximate surface area is 94.8 Å². The molecule has 0 aromatic carbocycles. The molecular weight excluding hydrogens is 212 g/mol. The molecule has 0 saturated carbocycles. The van der Waals surface area contributed by atoms with Crippen LogP contribution in [0.4, 0.5) is 0 Å². The number of carbonyl (C=O) groups excluding carboxylic acids is 1. The van der Waals surface area contributed by atoms with Crippen LogP contribution in [0.5, 0.6) is 0 Å². The van der Waals surface area contributed by atoms with Gasteiger partial charge in [0, 0.05) is 19.5 Å². The zero-order valence-electron chi connectivity index (χ0n) is 9.69. The number of hydrogen-bond acceptors (Lipinski definition) is 4. The van der Waals surface area contributed by atoms with E-state index in [0.717, 1.165) is 0 Å². The Morgan fingerprint density at radius 1 is 1.50 bits per heavy atom. The molecule has 0 aliphatic carbocycles. The highest BCUT2D eigenvalue weighted by atomic mass is 16.4. The van der Waals surface area contributed by atoms with Crippen molar-refractivity contribution in [2.24, 2.45) is 11.1 Å². The first-order valence-corrected chi connectivity index (χ1v) is 5.26. The minimum atomic E-state index is -1.44. The Hall–Kier alpha value is -1.14. The number of nitrogens with one attached hydrogen (secondary N) is 1. The zero-order valence-corrected chi connectivity index (χ0v) is 9.69. The number of carbonyl (C=O) groups is 2. The molecule has 5 N–H and O–H groups in total. The number of amides is 1. The first-order valence-electron chi connectivity index (χ1n) is 5.26. The maximum absolute atomic E-state index is 11.7. The number of rotatable bonds is 7. The molecule has 0 aromatic rings. The van der Waals surface area contributed by atoms with Crippen LogP contribution >= 0.6 is 0 Å². The SMILES string of the molecule is CCC(C)(CN)C(=O)NCC[C@H](O)C(=O)O. The average molecular weight is 232 g/mol. The monoisotopic (exact) mass is 232 g/mol. The van der Waals surface area contributed by atoms with Crippen LogP contribution in [0.15, 0.2) is 0 Å². The number of carboxylic acids is 1. The summed E-state index contributed by atoms with van der Waals surface area (Å²) in [5.41, 5.74) is 4.86. The van der Waals surface area contributed by atoms with Gasteiger partial charge in [-0.05, 0) is 13.3 Å². The fourth-order valence-corrected chi connectivity index (χ4v) is 1.06. The van der Waals surface area contributed by atoms with Crippen molar-refractivity contribution >= 4 is 11.9 Å². The van der Waals surface area contributed by atoms with Crippen molar-refractivity contribution in [1.82, 2.24) is 5.32 Å². The van der Waals surface area contributed by atoms with Crippen LogP contribution in [0.3, 0.4) is 0 Å². The van der Waals surface area contributed by atoms with Gasteiger partial charge in [-0.2, -0.15) is 0 Å². The first kappa shape index (κ1) is 14.9. The van der Waals surface area contributed by atoms with Crippen molar-refractivity contribution in [2.45, 2.75) is 32.8 Å². The normalized spacial score (nSPS) is 16.2. The number of aliphatic hydroxyl groups excluding tert-OH is 1. The topological polar surface area (TPSA) is 113 Å². The van der Waals surface area contributed by atoms with E-state index in [4.69, 9.17) is 15.9 Å². The van der Waals surface area contributed by atoms with Gasteiger partial charge >= 0.3 is 5.97 Å². The maximum atomic E-state index is 11.7. The van der Waals surface area contributed by atoms with Crippen LogP contribution in [0.1, 0.15) is 26.7 Å². The smallest absolute Gasteiger partial charge is 0.332 e. The van der Waals surface area contributed by atoms with Gasteiger partial charge in [-0.1, -0.05) is 6.92 Å². The van der Waals surface area contributed by atoms with Gasteiger partial charge in [0.25, 0.3) is 0 Å². The van der Waals surface area contributed by atoms with Crippen molar-refractivity contribution in [3.63, 3.8) is 0 Å². The van der Waals surface area contributed by atoms with Crippen molar-refractivity contribution in [1.29, 1.82) is 0 Å². The van der Waals surface area contributed by atoms with Crippen molar-refractivity contribution in [3.05, 3.63) is 0 Å². The van der Waals surface area contributed by atoms with E-state index in [1.165, 1.54) is 0 Å². The molecule has 0 rings (SSSR count). The van der Waals surface area contributed by atoms with Gasteiger partial charge in [0.2, 0.25) is 5.91 Å². The lowest BCUT2D eigenvalue weighted by Crippen LogP contribution is -2.44. The molecule has 0 aliphatic rings. The van der Waals surface area contributed by atoms with Crippen LogP contribution in [0.2, 0.25) is 0 Å². The molecule has 0 spiro atoms. The van der Waals surface area contributed by atoms with E-state index in [9.17, 15) is 9.59 Å². The van der Waals surface area contributed by atoms with Gasteiger partial charge in [0.05, 0.1) is 5.41 Å². The Bertz CT molecular complexity index is 251. The predicted molar refractivity (Wildman–Crippen MR) is 58.7 cm³/mol. The Morgan fingerprint density at radius 3 is 2.44 bits per heavy atom. The molecule has 0 aliphatic heterocycles. The first-order chi connectivity index (χ1) is 7.37. The van der Waals surface area contributed by atoms with Gasteiger partial charge in [-0.3, -0.25) is 4.79 Å². The third-order valence-corrected chi connectivity index (χ3v) is 2.77. The molecule has 0 bridgehead atoms. The van der Waals surface area contributed by atoms with Crippen molar-refractivity contribution in [2.75, 3.05) is 13.1 Å². The lowest BCUT2D eigenvalue weighted by molar-refractivity contribution is -0.147. The van der Waals surface area contributed by atoms with Crippen molar-refractivity contribution in [3.8, 4) is 0 Å². The Morgan fingerprint density at radius 2 is 2.06 bits per heavy atom. The van der Waals surface area contributed by atoms with E-state index in [1.54, 1.807) is 6.92 Å². The van der Waals surface area contributed by atoms with Gasteiger partial charge in [-0.15, -0.1) is 0 Å². The second-order valence-corrected chi connectivity index (χ2v) is 4.02. The molecule has 0 saturated heterocycles. The van der Waals surface area contributed by atoms with E-state index < -0.39 is 17.5 Å². The quantitative estimate of drug-likeness (QED) is 0.464. The van der Waals surface area contributed by atoms with E-state index in [2.05, 4.69) is 5.32 Å². The highest BCUT2D eigenvalue weighted by molar-refractivity contribution is 5.82. The van der Waals surface area contributed by atoms with E-state index in [0.29, 0.717) is 6.42 Å². The number of hydrogen-bond donors (Lipinski definition) is 4. The summed E-state index contributed by atoms with van der Waals surface area (Å²) in [4.78, 5) is 22.0. The second kappa shape index (κ2) is 6.44. The highest BCUT2D eigenvalue weighted by Gasteiger charge is 2.29. The largest absolute Gasteiger partial charge is 0.479 e. The molecule has 0 radical (unpaired) electrons. The van der Waals surface area contributed by atoms with Gasteiger partial charge in [0.15, 0.2) is 6.10 Å². The summed E-state index contributed by atoms with van der Waals surface area (Å²) in [6.45, 7) is 3.97. The average Bonchev–Trinajstić information content (AvgIpc) is 2.27. The van der Waals surface area contributed by atoms with Crippen LogP contribution < -0.4 is 11.1 Å². The second-order valence-electron chi connectivity index (χ2n) is 4.02. The highest BCUT2D eigenvalue weighted by Crippen LogP contribution is 2.18. The fourth-order valence-electron chi connectivity index (χ4n) is 1.06. The molecule has 6 nitrogen and oxygen atoms in total. The summed E-state index contributed by atoms with van der Waals surface area (Å²) in [6, 6.07) is 0. The van der Waals surface area contributed by atoms with E-state index in [-0.39, 0.29) is 25.4 Å². The summed E-state index contributed by atoms with van der Waals surface area (Å²) in [5, 5.41) is 20.0. The Balaban J connectivity index is 4.03. The van der Waals surface area contributed by atoms with Crippen LogP contribution in [-0.2, 0) is 9.59 Å². The number of nitrogens with two attached hydrogens (primary N) is 1. The molecule has 1 unspecified atom stereocenters. The van der Waals surface area contributed by atoms with Crippen LogP contribution in [-0.4, -0.2) is 41.3 Å². The van der Waals surface area contributed by atoms with Crippen molar-refractivity contribution < 1.29 is 19.8 Å². The molecule has 6 heteroatoms. The van der Waals surface area contributed by atoms with Gasteiger partial charge in [0.1, 0.15) is 0 Å². The van der Waals surface area contributed by atoms with E-state index >= 15 is 0 Å². The minimum Gasteiger partial charge on any atom is -0.479 e. The summed E-state index contributed by atoms with van der Waals surface area (Å²) in [7, 11) is 0. The van der Waals surface area contributed by atoms with Gasteiger partial charge < -0.3 is 21.3 Å². The lowest BCUT2D eigenvalue weighted by Gasteiger charge is -2.25. The molecule has 16 heavy (non-hydrogen) atoms. The molecular formula is C10H20N2O4. The third kappa shape index (κ3) is 4.16. The molecule has 2 atom stereocenters. The number of carboxylic acid groups (broad SMARTS) is 1. The molecule has 0 heterocycles. The summed E-state index contributed by atoms with van der Waals surface area (Å²) in [5.74, 6) is -1.50. The summed E-state index contributed by atoms with van der Waals surface area (Å²) < 4.78 is 0. The third-order valence-electron chi connectivity index (χ3n) is 2.77. The lowest BCUT2D eigenvalue weighted by atomic mass is 9.86. The number of aliphatic carboxylic acids is 1. The maximum Gasteiger partial charge on any atom is 0.332 e. The van der Waals surface area contributed by atoms with Crippen LogP contribution in [0, 0.1) is 5.41 Å². The van der Waals surface area contributed by atoms with Gasteiger partial charge in [-0.25, -0.2) is 4.79 Å². The summed E-state index contributed by atoms with van der Waals surface area (Å²) >= 11 is 0. The molecule has 0 aromatic heterocycles. The minimum absolute atomic E-state index is 0.00849. The standard InChI is InChI=1S/C10H20N2O4/c1-3-10(2,6-11)9(16)12-5-4-7(13)8(14)15/h7,13H,3-6,11H2,1-2H3,(H,12,16)(H,14,15)/t7-,10?/m0/s1. The summed E-state index contributed by atoms with van der Waals surface area (Å²) in [6.07, 6.45) is -0.839. The number of aliphatic hydroxyl groups is 1. The molecule has 94 valence electrons. The predicted octanol–water partition coefficient (Wildman–Crippen LogP) is -0.687. The van der Waals surface area contributed by atoms with Crippen LogP contribution in [0.25, 0.3) is 0 Å². The fraction of sp³-hybridized carbons (Fsp3) is 0.800. The molecule has 1 amide bonds.